The molecule has 3 heterocycles. The lowest BCUT2D eigenvalue weighted by molar-refractivity contribution is 0.0612. The number of carbonyl (C=O) groups is 1. The third-order valence-electron chi connectivity index (χ3n) is 4.41. The second-order valence-corrected chi connectivity index (χ2v) is 6.88. The molecule has 0 saturated carbocycles. The number of nitrogens with zero attached hydrogens (tertiary/aromatic N) is 3. The minimum atomic E-state index is 0.186. The summed E-state index contributed by atoms with van der Waals surface area (Å²) in [4.78, 5) is 22.3. The summed E-state index contributed by atoms with van der Waals surface area (Å²) < 4.78 is 0. The van der Waals surface area contributed by atoms with E-state index in [-0.39, 0.29) is 5.91 Å². The SMILES string of the molecule is CCc1ncc(C(=O)N2CCCC(N3CCCC3)C2)s1. The highest BCUT2D eigenvalue weighted by molar-refractivity contribution is 7.13. The van der Waals surface area contributed by atoms with Gasteiger partial charge in [0.05, 0.1) is 11.2 Å². The van der Waals surface area contributed by atoms with Gasteiger partial charge >= 0.3 is 0 Å². The van der Waals surface area contributed by atoms with Crippen LogP contribution >= 0.6 is 11.3 Å². The molecule has 0 radical (unpaired) electrons. The third kappa shape index (κ3) is 2.88. The molecule has 2 saturated heterocycles. The van der Waals surface area contributed by atoms with E-state index in [1.54, 1.807) is 17.5 Å². The van der Waals surface area contributed by atoms with Crippen LogP contribution in [0.3, 0.4) is 0 Å². The lowest BCUT2D eigenvalue weighted by Crippen LogP contribution is -2.48. The molecule has 2 aliphatic heterocycles. The second kappa shape index (κ2) is 6.22. The molecule has 0 N–H and O–H groups in total. The predicted octanol–water partition coefficient (Wildman–Crippen LogP) is 2.41. The normalized spacial score (nSPS) is 24.2. The highest BCUT2D eigenvalue weighted by Gasteiger charge is 2.30. The Hall–Kier alpha value is -0.940. The van der Waals surface area contributed by atoms with Crippen molar-refractivity contribution in [1.29, 1.82) is 0 Å². The van der Waals surface area contributed by atoms with Gasteiger partial charge < -0.3 is 4.90 Å². The van der Waals surface area contributed by atoms with Crippen LogP contribution in [0.5, 0.6) is 0 Å². The van der Waals surface area contributed by atoms with Crippen molar-refractivity contribution in [3.8, 4) is 0 Å². The zero-order valence-electron chi connectivity index (χ0n) is 12.2. The summed E-state index contributed by atoms with van der Waals surface area (Å²) in [6.07, 6.45) is 7.68. The second-order valence-electron chi connectivity index (χ2n) is 5.76. The van der Waals surface area contributed by atoms with Gasteiger partial charge in [0.2, 0.25) is 0 Å². The monoisotopic (exact) mass is 293 g/mol. The molecule has 0 aliphatic carbocycles. The van der Waals surface area contributed by atoms with Gasteiger partial charge in [-0.1, -0.05) is 6.92 Å². The third-order valence-corrected chi connectivity index (χ3v) is 5.54. The van der Waals surface area contributed by atoms with Gasteiger partial charge in [0.25, 0.3) is 5.91 Å². The lowest BCUT2D eigenvalue weighted by atomic mass is 10.0. The van der Waals surface area contributed by atoms with Crippen molar-refractivity contribution >= 4 is 17.2 Å². The molecule has 0 bridgehead atoms. The van der Waals surface area contributed by atoms with Crippen molar-refractivity contribution < 1.29 is 4.79 Å². The maximum absolute atomic E-state index is 12.6. The van der Waals surface area contributed by atoms with Gasteiger partial charge in [0.15, 0.2) is 0 Å². The maximum atomic E-state index is 12.6. The van der Waals surface area contributed by atoms with Crippen LogP contribution in [0.4, 0.5) is 0 Å². The highest BCUT2D eigenvalue weighted by atomic mass is 32.1. The highest BCUT2D eigenvalue weighted by Crippen LogP contribution is 2.23. The number of aromatic nitrogens is 1. The molecule has 0 aromatic carbocycles. The van der Waals surface area contributed by atoms with Crippen molar-refractivity contribution in [2.45, 2.75) is 45.1 Å². The van der Waals surface area contributed by atoms with E-state index in [1.165, 1.54) is 32.4 Å². The average molecular weight is 293 g/mol. The van der Waals surface area contributed by atoms with Crippen LogP contribution in [0.1, 0.15) is 47.3 Å². The molecule has 1 atom stereocenters. The summed E-state index contributed by atoms with van der Waals surface area (Å²) in [6, 6.07) is 0.578. The van der Waals surface area contributed by atoms with E-state index in [4.69, 9.17) is 0 Å². The number of amides is 1. The van der Waals surface area contributed by atoms with Gasteiger partial charge in [-0.3, -0.25) is 9.69 Å². The number of hydrogen-bond acceptors (Lipinski definition) is 4. The number of rotatable bonds is 3. The minimum absolute atomic E-state index is 0.186. The Labute approximate surface area is 124 Å². The fourth-order valence-corrected chi connectivity index (χ4v) is 4.10. The molecule has 4 nitrogen and oxygen atoms in total. The summed E-state index contributed by atoms with van der Waals surface area (Å²) in [7, 11) is 0. The van der Waals surface area contributed by atoms with Crippen molar-refractivity contribution in [2.75, 3.05) is 26.2 Å². The van der Waals surface area contributed by atoms with Gasteiger partial charge in [-0.25, -0.2) is 4.98 Å². The van der Waals surface area contributed by atoms with E-state index in [1.807, 2.05) is 4.90 Å². The number of likely N-dealkylation sites (tertiary alicyclic amines) is 2. The Morgan fingerprint density at radius 1 is 1.35 bits per heavy atom. The maximum Gasteiger partial charge on any atom is 0.265 e. The van der Waals surface area contributed by atoms with Gasteiger partial charge in [-0.05, 0) is 45.2 Å². The largest absolute Gasteiger partial charge is 0.336 e. The Morgan fingerprint density at radius 2 is 2.15 bits per heavy atom. The molecule has 5 heteroatoms. The fourth-order valence-electron chi connectivity index (χ4n) is 3.27. The molecule has 3 rings (SSSR count). The molecule has 1 aromatic heterocycles. The molecule has 0 spiro atoms. The molecular formula is C15H23N3OS. The van der Waals surface area contributed by atoms with Crippen molar-refractivity contribution in [1.82, 2.24) is 14.8 Å². The summed E-state index contributed by atoms with van der Waals surface area (Å²) in [6.45, 7) is 6.32. The van der Waals surface area contributed by atoms with Crippen LogP contribution in [-0.4, -0.2) is 52.9 Å². The molecule has 20 heavy (non-hydrogen) atoms. The average Bonchev–Trinajstić information content (AvgIpc) is 3.17. The molecule has 2 aliphatic rings. The smallest absolute Gasteiger partial charge is 0.265 e. The number of aryl methyl sites for hydroxylation is 1. The Kier molecular flexibility index (Phi) is 4.36. The number of carbonyl (C=O) groups excluding carboxylic acids is 1. The first-order valence-corrected chi connectivity index (χ1v) is 8.57. The molecule has 1 unspecified atom stereocenters. The van der Waals surface area contributed by atoms with E-state index in [0.29, 0.717) is 6.04 Å². The van der Waals surface area contributed by atoms with E-state index in [0.717, 1.165) is 35.8 Å². The van der Waals surface area contributed by atoms with Crippen molar-refractivity contribution in [3.05, 3.63) is 16.1 Å². The minimum Gasteiger partial charge on any atom is -0.336 e. The Balaban J connectivity index is 1.65. The standard InChI is InChI=1S/C15H23N3OS/c1-2-14-16-10-13(20-14)15(19)18-9-5-6-12(11-18)17-7-3-4-8-17/h10,12H,2-9,11H2,1H3. The summed E-state index contributed by atoms with van der Waals surface area (Å²) in [5.41, 5.74) is 0. The van der Waals surface area contributed by atoms with Crippen LogP contribution in [0.25, 0.3) is 0 Å². The number of thiazole rings is 1. The van der Waals surface area contributed by atoms with E-state index in [2.05, 4.69) is 16.8 Å². The van der Waals surface area contributed by atoms with Crippen molar-refractivity contribution in [2.24, 2.45) is 0 Å². The van der Waals surface area contributed by atoms with Crippen LogP contribution in [0.15, 0.2) is 6.20 Å². The quantitative estimate of drug-likeness (QED) is 0.858. The first kappa shape index (κ1) is 14.0. The van der Waals surface area contributed by atoms with Crippen LogP contribution in [-0.2, 0) is 6.42 Å². The first-order valence-electron chi connectivity index (χ1n) is 7.76. The predicted molar refractivity (Wildman–Crippen MR) is 81.2 cm³/mol. The van der Waals surface area contributed by atoms with Crippen LogP contribution in [0.2, 0.25) is 0 Å². The lowest BCUT2D eigenvalue weighted by Gasteiger charge is -2.37. The fraction of sp³-hybridized carbons (Fsp3) is 0.733. The summed E-state index contributed by atoms with van der Waals surface area (Å²) in [5, 5.41) is 1.06. The van der Waals surface area contributed by atoms with Gasteiger partial charge in [-0.2, -0.15) is 0 Å². The van der Waals surface area contributed by atoms with Crippen molar-refractivity contribution in [3.63, 3.8) is 0 Å². The van der Waals surface area contributed by atoms with E-state index in [9.17, 15) is 4.79 Å². The topological polar surface area (TPSA) is 36.4 Å². The number of piperidine rings is 1. The van der Waals surface area contributed by atoms with E-state index < -0.39 is 0 Å². The molecule has 1 aromatic rings. The Morgan fingerprint density at radius 3 is 2.85 bits per heavy atom. The van der Waals surface area contributed by atoms with Crippen LogP contribution < -0.4 is 0 Å². The zero-order chi connectivity index (χ0) is 13.9. The number of hydrogen-bond donors (Lipinski definition) is 0. The molecule has 1 amide bonds. The van der Waals surface area contributed by atoms with Gasteiger partial charge in [0.1, 0.15) is 4.88 Å². The summed E-state index contributed by atoms with van der Waals surface area (Å²) in [5.74, 6) is 0.186. The van der Waals surface area contributed by atoms with E-state index >= 15 is 0 Å². The molecular weight excluding hydrogens is 270 g/mol. The summed E-state index contributed by atoms with van der Waals surface area (Å²) >= 11 is 1.55. The molecule has 2 fully saturated rings. The zero-order valence-corrected chi connectivity index (χ0v) is 13.0. The Bertz CT molecular complexity index is 467. The first-order chi connectivity index (χ1) is 9.78. The molecule has 110 valence electrons. The van der Waals surface area contributed by atoms with Crippen LogP contribution in [0, 0.1) is 0 Å². The van der Waals surface area contributed by atoms with Gasteiger partial charge in [0, 0.05) is 19.1 Å². The van der Waals surface area contributed by atoms with Gasteiger partial charge in [-0.15, -0.1) is 11.3 Å².